The molecule has 116 valence electrons. The molecular weight excluding hydrogens is 302 g/mol. The summed E-state index contributed by atoms with van der Waals surface area (Å²) in [5, 5.41) is 0. The van der Waals surface area contributed by atoms with Crippen LogP contribution in [0.2, 0.25) is 0 Å². The zero-order chi connectivity index (χ0) is 16.1. The Labute approximate surface area is 141 Å². The van der Waals surface area contributed by atoms with E-state index in [1.807, 2.05) is 60.4 Å². The van der Waals surface area contributed by atoms with Gasteiger partial charge in [-0.3, -0.25) is 4.79 Å². The first-order valence-corrected chi connectivity index (χ1v) is 8.47. The minimum Gasteiger partial charge on any atom is -0.329 e. The van der Waals surface area contributed by atoms with Crippen molar-refractivity contribution < 1.29 is 4.79 Å². The van der Waals surface area contributed by atoms with Crippen LogP contribution < -0.4 is 0 Å². The Morgan fingerprint density at radius 1 is 0.826 bits per heavy atom. The zero-order valence-electron chi connectivity index (χ0n) is 13.1. The van der Waals surface area contributed by atoms with Gasteiger partial charge in [0.25, 0.3) is 5.91 Å². The lowest BCUT2D eigenvalue weighted by Crippen LogP contribution is -2.29. The summed E-state index contributed by atoms with van der Waals surface area (Å²) in [7, 11) is 0. The molecule has 0 saturated heterocycles. The fourth-order valence-electron chi connectivity index (χ4n) is 2.51. The van der Waals surface area contributed by atoms with Crippen LogP contribution >= 0.6 is 11.3 Å². The predicted molar refractivity (Wildman–Crippen MR) is 95.5 cm³/mol. The molecule has 0 radical (unpaired) electrons. The van der Waals surface area contributed by atoms with E-state index in [2.05, 4.69) is 24.3 Å². The van der Waals surface area contributed by atoms with E-state index in [1.165, 1.54) is 0 Å². The molecule has 0 spiro atoms. The number of rotatable bonds is 5. The Bertz CT molecular complexity index is 723. The van der Waals surface area contributed by atoms with Crippen LogP contribution in [0.25, 0.3) is 0 Å². The number of carbonyl (C=O) groups excluding carboxylic acids is 1. The van der Waals surface area contributed by atoms with E-state index in [1.54, 1.807) is 11.3 Å². The van der Waals surface area contributed by atoms with Crippen LogP contribution in [0, 0.1) is 6.92 Å². The molecule has 23 heavy (non-hydrogen) atoms. The summed E-state index contributed by atoms with van der Waals surface area (Å²) in [6.07, 6.45) is 0. The maximum absolute atomic E-state index is 12.9. The third kappa shape index (κ3) is 4.08. The van der Waals surface area contributed by atoms with Crippen molar-refractivity contribution in [2.75, 3.05) is 0 Å². The van der Waals surface area contributed by atoms with E-state index in [9.17, 15) is 4.79 Å². The largest absolute Gasteiger partial charge is 0.329 e. The van der Waals surface area contributed by atoms with Gasteiger partial charge < -0.3 is 4.90 Å². The topological polar surface area (TPSA) is 20.3 Å². The number of benzene rings is 2. The molecule has 2 nitrogen and oxygen atoms in total. The van der Waals surface area contributed by atoms with Crippen LogP contribution in [0.1, 0.15) is 25.7 Å². The third-order valence-corrected chi connectivity index (χ3v) is 4.66. The van der Waals surface area contributed by atoms with Crippen molar-refractivity contribution in [1.29, 1.82) is 0 Å². The molecule has 1 aromatic heterocycles. The van der Waals surface area contributed by atoms with Crippen LogP contribution in [0.5, 0.6) is 0 Å². The van der Waals surface area contributed by atoms with Crippen molar-refractivity contribution in [3.63, 3.8) is 0 Å². The van der Waals surface area contributed by atoms with Gasteiger partial charge in [-0.1, -0.05) is 60.7 Å². The van der Waals surface area contributed by atoms with E-state index in [-0.39, 0.29) is 5.91 Å². The molecule has 0 atom stereocenters. The average Bonchev–Trinajstić information content (AvgIpc) is 3.02. The Kier molecular flexibility index (Phi) is 4.89. The molecule has 0 bridgehead atoms. The summed E-state index contributed by atoms with van der Waals surface area (Å²) < 4.78 is 0. The van der Waals surface area contributed by atoms with Gasteiger partial charge in [-0.05, 0) is 30.2 Å². The van der Waals surface area contributed by atoms with Gasteiger partial charge in [-0.25, -0.2) is 0 Å². The van der Waals surface area contributed by atoms with Gasteiger partial charge in [0, 0.05) is 18.0 Å². The highest BCUT2D eigenvalue weighted by Crippen LogP contribution is 2.20. The zero-order valence-corrected chi connectivity index (χ0v) is 13.9. The van der Waals surface area contributed by atoms with Crippen LogP contribution in [-0.2, 0) is 13.1 Å². The van der Waals surface area contributed by atoms with Crippen LogP contribution in [-0.4, -0.2) is 10.8 Å². The molecule has 0 saturated carbocycles. The highest BCUT2D eigenvalue weighted by atomic mass is 32.1. The molecular formula is C20H19NOS. The van der Waals surface area contributed by atoms with Gasteiger partial charge in [0.1, 0.15) is 0 Å². The number of thiophene rings is 1. The minimum absolute atomic E-state index is 0.0933. The summed E-state index contributed by atoms with van der Waals surface area (Å²) in [6, 6.07) is 24.2. The Balaban J connectivity index is 1.84. The number of amides is 1. The molecule has 3 rings (SSSR count). The molecule has 0 unspecified atom stereocenters. The van der Waals surface area contributed by atoms with Gasteiger partial charge in [-0.15, -0.1) is 11.3 Å². The fraction of sp³-hybridized carbons (Fsp3) is 0.150. The van der Waals surface area contributed by atoms with E-state index >= 15 is 0 Å². The Morgan fingerprint density at radius 2 is 1.35 bits per heavy atom. The van der Waals surface area contributed by atoms with Crippen molar-refractivity contribution in [3.8, 4) is 0 Å². The van der Waals surface area contributed by atoms with Crippen molar-refractivity contribution in [3.05, 3.63) is 93.7 Å². The maximum Gasteiger partial charge on any atom is 0.264 e. The van der Waals surface area contributed by atoms with Crippen LogP contribution in [0.15, 0.2) is 72.8 Å². The highest BCUT2D eigenvalue weighted by Gasteiger charge is 2.18. The lowest BCUT2D eigenvalue weighted by atomic mass is 10.1. The average molecular weight is 321 g/mol. The quantitative estimate of drug-likeness (QED) is 0.654. The third-order valence-electron chi connectivity index (χ3n) is 3.67. The van der Waals surface area contributed by atoms with Gasteiger partial charge in [-0.2, -0.15) is 0 Å². The standard InChI is InChI=1S/C20H19NOS/c1-16-12-13-19(23-16)20(22)21(14-17-8-4-2-5-9-17)15-18-10-6-3-7-11-18/h2-13H,14-15H2,1H3. The number of hydrogen-bond acceptors (Lipinski definition) is 2. The SMILES string of the molecule is Cc1ccc(C(=O)N(Cc2ccccc2)Cc2ccccc2)s1. The van der Waals surface area contributed by atoms with Gasteiger partial charge in [0.05, 0.1) is 4.88 Å². The summed E-state index contributed by atoms with van der Waals surface area (Å²) in [6.45, 7) is 3.26. The summed E-state index contributed by atoms with van der Waals surface area (Å²) in [5.74, 6) is 0.0933. The number of carbonyl (C=O) groups is 1. The molecule has 0 aliphatic heterocycles. The van der Waals surface area contributed by atoms with Gasteiger partial charge >= 0.3 is 0 Å². The fourth-order valence-corrected chi connectivity index (χ4v) is 3.35. The molecule has 3 heteroatoms. The molecule has 0 N–H and O–H groups in total. The highest BCUT2D eigenvalue weighted by molar-refractivity contribution is 7.13. The Hall–Kier alpha value is -2.39. The molecule has 0 fully saturated rings. The van der Waals surface area contributed by atoms with E-state index in [4.69, 9.17) is 0 Å². The lowest BCUT2D eigenvalue weighted by Gasteiger charge is -2.22. The van der Waals surface area contributed by atoms with E-state index < -0.39 is 0 Å². The van der Waals surface area contributed by atoms with E-state index in [0.29, 0.717) is 13.1 Å². The van der Waals surface area contributed by atoms with Crippen LogP contribution in [0.3, 0.4) is 0 Å². The second-order valence-electron chi connectivity index (χ2n) is 5.54. The summed E-state index contributed by atoms with van der Waals surface area (Å²) in [5.41, 5.74) is 2.29. The first kappa shape index (κ1) is 15.5. The molecule has 1 heterocycles. The second-order valence-corrected chi connectivity index (χ2v) is 6.83. The van der Waals surface area contributed by atoms with E-state index in [0.717, 1.165) is 20.9 Å². The van der Waals surface area contributed by atoms with Crippen LogP contribution in [0.4, 0.5) is 0 Å². The minimum atomic E-state index is 0.0933. The van der Waals surface area contributed by atoms with Crippen molar-refractivity contribution in [2.45, 2.75) is 20.0 Å². The molecule has 1 amide bonds. The lowest BCUT2D eigenvalue weighted by molar-refractivity contribution is 0.0735. The maximum atomic E-state index is 12.9. The summed E-state index contributed by atoms with van der Waals surface area (Å²) in [4.78, 5) is 16.8. The van der Waals surface area contributed by atoms with Gasteiger partial charge in [0.15, 0.2) is 0 Å². The van der Waals surface area contributed by atoms with Crippen molar-refractivity contribution in [1.82, 2.24) is 4.90 Å². The molecule has 3 aromatic rings. The molecule has 2 aromatic carbocycles. The smallest absolute Gasteiger partial charge is 0.264 e. The predicted octanol–water partition coefficient (Wildman–Crippen LogP) is 4.90. The Morgan fingerprint density at radius 3 is 1.78 bits per heavy atom. The number of hydrogen-bond donors (Lipinski definition) is 0. The van der Waals surface area contributed by atoms with Crippen molar-refractivity contribution >= 4 is 17.2 Å². The normalized spacial score (nSPS) is 10.5. The monoisotopic (exact) mass is 321 g/mol. The molecule has 0 aliphatic carbocycles. The number of nitrogens with zero attached hydrogens (tertiary/aromatic N) is 1. The number of aryl methyl sites for hydroxylation is 1. The van der Waals surface area contributed by atoms with Gasteiger partial charge in [0.2, 0.25) is 0 Å². The second kappa shape index (κ2) is 7.25. The first-order valence-electron chi connectivity index (χ1n) is 7.66. The summed E-state index contributed by atoms with van der Waals surface area (Å²) >= 11 is 1.55. The first-order chi connectivity index (χ1) is 11.2. The van der Waals surface area contributed by atoms with Crippen molar-refractivity contribution in [2.24, 2.45) is 0 Å². The molecule has 0 aliphatic rings.